The summed E-state index contributed by atoms with van der Waals surface area (Å²) < 4.78 is 42.6. The number of ether oxygens (including phenoxy) is 1. The van der Waals surface area contributed by atoms with Crippen LogP contribution in [-0.2, 0) is 35.5 Å². The van der Waals surface area contributed by atoms with Crippen molar-refractivity contribution in [1.29, 1.82) is 0 Å². The molecule has 0 aliphatic carbocycles. The highest BCUT2D eigenvalue weighted by Gasteiger charge is 2.47. The molecule has 262 valence electrons. The van der Waals surface area contributed by atoms with Crippen molar-refractivity contribution in [3.63, 3.8) is 0 Å². The fourth-order valence-electron chi connectivity index (χ4n) is 6.49. The first-order valence-corrected chi connectivity index (χ1v) is 27.8. The summed E-state index contributed by atoms with van der Waals surface area (Å²) in [5.74, 6) is -0.363. The molecule has 44 heavy (non-hydrogen) atoms. The quantitative estimate of drug-likeness (QED) is 0.0595. The molecule has 0 bridgehead atoms. The summed E-state index contributed by atoms with van der Waals surface area (Å²) in [6.07, 6.45) is 18.7. The van der Waals surface area contributed by atoms with Gasteiger partial charge in [0.2, 0.25) is 0 Å². The number of rotatable bonds is 23. The van der Waals surface area contributed by atoms with Crippen LogP contribution in [0.5, 0.6) is 0 Å². The van der Waals surface area contributed by atoms with Crippen LogP contribution in [0.3, 0.4) is 0 Å². The molecule has 0 aromatic rings. The third kappa shape index (κ3) is 17.9. The Morgan fingerprint density at radius 2 is 1.32 bits per heavy atom. The van der Waals surface area contributed by atoms with Gasteiger partial charge in [-0.15, -0.1) is 0 Å². The number of hydrogen-bond donors (Lipinski definition) is 0. The molecule has 12 heteroatoms. The standard InChI is InChI=1S/C32H70O8Si4/c1-10-11-12-13-14-15-16-17-18-19-20-22-28-43(9)39-41(6,7)38-26-21-23-27-42(8,40-43)30-31(2)32(33)37-25-24-29-44(34-3,35-4)36-5/h31H,10-30H2,1-9H3. The highest BCUT2D eigenvalue weighted by Crippen LogP contribution is 2.34. The Morgan fingerprint density at radius 3 is 1.86 bits per heavy atom. The predicted octanol–water partition coefficient (Wildman–Crippen LogP) is 9.33. The van der Waals surface area contributed by atoms with Crippen molar-refractivity contribution in [2.75, 3.05) is 34.5 Å². The zero-order valence-electron chi connectivity index (χ0n) is 30.2. The third-order valence-electron chi connectivity index (χ3n) is 8.90. The van der Waals surface area contributed by atoms with E-state index in [1.165, 1.54) is 70.6 Å². The van der Waals surface area contributed by atoms with Crippen LogP contribution in [-0.4, -0.2) is 74.8 Å². The molecule has 1 fully saturated rings. The largest absolute Gasteiger partial charge is 0.500 e. The van der Waals surface area contributed by atoms with Gasteiger partial charge in [-0.05, 0) is 57.2 Å². The van der Waals surface area contributed by atoms with Gasteiger partial charge in [0.15, 0.2) is 8.32 Å². The topological polar surface area (TPSA) is 81.7 Å². The van der Waals surface area contributed by atoms with Crippen LogP contribution >= 0.6 is 0 Å². The van der Waals surface area contributed by atoms with Gasteiger partial charge in [0.25, 0.3) is 0 Å². The lowest BCUT2D eigenvalue weighted by Crippen LogP contribution is -2.57. The van der Waals surface area contributed by atoms with Crippen molar-refractivity contribution in [3.8, 4) is 0 Å². The number of carbonyl (C=O) groups excluding carboxylic acids is 1. The Balaban J connectivity index is 2.66. The zero-order chi connectivity index (χ0) is 33.0. The molecule has 1 aliphatic heterocycles. The maximum Gasteiger partial charge on any atom is 0.500 e. The van der Waals surface area contributed by atoms with E-state index in [1.807, 2.05) is 6.92 Å². The van der Waals surface area contributed by atoms with Gasteiger partial charge in [-0.3, -0.25) is 4.79 Å². The normalized spacial score (nSPS) is 23.8. The van der Waals surface area contributed by atoms with Gasteiger partial charge < -0.3 is 30.7 Å². The molecular weight excluding hydrogens is 625 g/mol. The van der Waals surface area contributed by atoms with E-state index in [-0.39, 0.29) is 11.9 Å². The van der Waals surface area contributed by atoms with Crippen LogP contribution in [0.15, 0.2) is 0 Å². The lowest BCUT2D eigenvalue weighted by atomic mass is 10.1. The minimum Gasteiger partial charge on any atom is -0.465 e. The molecular formula is C32H70O8Si4. The number of hydrogen-bond acceptors (Lipinski definition) is 8. The number of esters is 1. The molecule has 0 aromatic heterocycles. The van der Waals surface area contributed by atoms with E-state index in [1.54, 1.807) is 21.3 Å². The number of unbranched alkanes of at least 4 members (excludes halogenated alkanes) is 11. The predicted molar refractivity (Wildman–Crippen MR) is 190 cm³/mol. The van der Waals surface area contributed by atoms with Gasteiger partial charge in [-0.2, -0.15) is 0 Å². The van der Waals surface area contributed by atoms with Gasteiger partial charge in [-0.25, -0.2) is 0 Å². The summed E-state index contributed by atoms with van der Waals surface area (Å²) >= 11 is 0. The fraction of sp³-hybridized carbons (Fsp3) is 0.969. The van der Waals surface area contributed by atoms with Crippen LogP contribution in [0, 0.1) is 5.92 Å². The lowest BCUT2D eigenvalue weighted by molar-refractivity contribution is -0.147. The maximum atomic E-state index is 13.1. The molecule has 1 rings (SSSR count). The zero-order valence-corrected chi connectivity index (χ0v) is 34.2. The van der Waals surface area contributed by atoms with E-state index in [4.69, 9.17) is 30.7 Å². The average Bonchev–Trinajstić information content (AvgIpc) is 2.97. The van der Waals surface area contributed by atoms with E-state index >= 15 is 0 Å². The SMILES string of the molecule is CCCCCCCCCCCCCC[Si]1(C)O[Si](C)(CC(C)C(=O)OCCC[Si](OC)(OC)OC)CCCCO[Si](C)(C)O1. The highest BCUT2D eigenvalue weighted by atomic mass is 28.5. The van der Waals surface area contributed by atoms with Crippen molar-refractivity contribution in [1.82, 2.24) is 0 Å². The molecule has 0 aromatic carbocycles. The van der Waals surface area contributed by atoms with Crippen molar-refractivity contribution < 1.29 is 35.5 Å². The van der Waals surface area contributed by atoms with Gasteiger partial charge >= 0.3 is 31.9 Å². The Morgan fingerprint density at radius 1 is 0.773 bits per heavy atom. The van der Waals surface area contributed by atoms with E-state index in [9.17, 15) is 4.79 Å². The minimum atomic E-state index is -2.66. The first-order valence-electron chi connectivity index (χ1n) is 17.7. The lowest BCUT2D eigenvalue weighted by Gasteiger charge is -2.43. The van der Waals surface area contributed by atoms with Gasteiger partial charge in [0.05, 0.1) is 12.5 Å². The Hall–Kier alpha value is 0.0975. The minimum absolute atomic E-state index is 0.151. The molecule has 0 saturated carbocycles. The second kappa shape index (κ2) is 22.6. The van der Waals surface area contributed by atoms with Crippen molar-refractivity contribution in [2.45, 2.75) is 161 Å². The molecule has 0 amide bonds. The van der Waals surface area contributed by atoms with E-state index in [2.05, 4.69) is 33.1 Å². The number of carbonyl (C=O) groups is 1. The van der Waals surface area contributed by atoms with Crippen molar-refractivity contribution in [3.05, 3.63) is 0 Å². The molecule has 0 spiro atoms. The Labute approximate surface area is 276 Å². The van der Waals surface area contributed by atoms with E-state index in [0.29, 0.717) is 19.1 Å². The molecule has 0 N–H and O–H groups in total. The summed E-state index contributed by atoms with van der Waals surface area (Å²) in [5, 5.41) is 0. The molecule has 3 atom stereocenters. The summed E-state index contributed by atoms with van der Waals surface area (Å²) in [6.45, 7) is 14.3. The van der Waals surface area contributed by atoms with Crippen LogP contribution in [0.4, 0.5) is 0 Å². The molecule has 3 unspecified atom stereocenters. The third-order valence-corrected chi connectivity index (χ3v) is 24.2. The van der Waals surface area contributed by atoms with Crippen molar-refractivity contribution >= 4 is 40.2 Å². The summed E-state index contributed by atoms with van der Waals surface area (Å²) in [5.41, 5.74) is 0. The molecule has 0 radical (unpaired) electrons. The summed E-state index contributed by atoms with van der Waals surface area (Å²) in [4.78, 5) is 13.1. The van der Waals surface area contributed by atoms with E-state index < -0.39 is 34.2 Å². The second-order valence-electron chi connectivity index (χ2n) is 13.8. The summed E-state index contributed by atoms with van der Waals surface area (Å²) in [6, 6.07) is 3.38. The van der Waals surface area contributed by atoms with Crippen LogP contribution in [0.1, 0.15) is 110 Å². The smallest absolute Gasteiger partial charge is 0.465 e. The Bertz CT molecular complexity index is 750. The first-order chi connectivity index (χ1) is 20.9. The molecule has 1 aliphatic rings. The molecule has 1 heterocycles. The average molecular weight is 695 g/mol. The van der Waals surface area contributed by atoms with Crippen LogP contribution < -0.4 is 0 Å². The van der Waals surface area contributed by atoms with Crippen molar-refractivity contribution in [2.24, 2.45) is 5.92 Å². The second-order valence-corrected chi connectivity index (χ2v) is 28.2. The Kier molecular flexibility index (Phi) is 21.7. The van der Waals surface area contributed by atoms with Crippen LogP contribution in [0.25, 0.3) is 0 Å². The maximum absolute atomic E-state index is 13.1. The molecule has 1 saturated heterocycles. The van der Waals surface area contributed by atoms with Crippen LogP contribution in [0.2, 0.25) is 50.4 Å². The van der Waals surface area contributed by atoms with Gasteiger partial charge in [-0.1, -0.05) is 97.3 Å². The fourth-order valence-corrected chi connectivity index (χ4v) is 23.0. The monoisotopic (exact) mass is 694 g/mol. The molecule has 8 nitrogen and oxygen atoms in total. The van der Waals surface area contributed by atoms with Gasteiger partial charge in [0.1, 0.15) is 0 Å². The highest BCUT2D eigenvalue weighted by molar-refractivity contribution is 6.87. The van der Waals surface area contributed by atoms with Gasteiger partial charge in [0, 0.05) is 34.0 Å². The summed E-state index contributed by atoms with van der Waals surface area (Å²) in [7, 11) is -4.89. The van der Waals surface area contributed by atoms with E-state index in [0.717, 1.165) is 44.0 Å². The first kappa shape index (κ1) is 42.1.